The van der Waals surface area contributed by atoms with Crippen molar-refractivity contribution in [3.05, 3.63) is 29.3 Å². The molecule has 0 atom stereocenters. The van der Waals surface area contributed by atoms with Crippen LogP contribution in [0, 0.1) is 0 Å². The number of hydrogen-bond acceptors (Lipinski definition) is 2. The van der Waals surface area contributed by atoms with Gasteiger partial charge < -0.3 is 10.5 Å². The van der Waals surface area contributed by atoms with E-state index in [-0.39, 0.29) is 5.41 Å². The van der Waals surface area contributed by atoms with Crippen molar-refractivity contribution in [2.24, 2.45) is 5.73 Å². The SMILES string of the molecule is COc1cc(C(C)C)cc(C2(CN)CC2)c1. The number of nitrogens with two attached hydrogens (primary N) is 1. The van der Waals surface area contributed by atoms with Crippen molar-refractivity contribution < 1.29 is 4.74 Å². The molecule has 2 heteroatoms. The third kappa shape index (κ3) is 1.94. The fourth-order valence-corrected chi connectivity index (χ4v) is 2.14. The van der Waals surface area contributed by atoms with Gasteiger partial charge in [0.2, 0.25) is 0 Å². The van der Waals surface area contributed by atoms with E-state index in [9.17, 15) is 0 Å². The number of hydrogen-bond donors (Lipinski definition) is 1. The Balaban J connectivity index is 2.41. The summed E-state index contributed by atoms with van der Waals surface area (Å²) in [6.07, 6.45) is 2.43. The summed E-state index contributed by atoms with van der Waals surface area (Å²) in [4.78, 5) is 0. The summed E-state index contributed by atoms with van der Waals surface area (Å²) in [5.41, 5.74) is 8.83. The zero-order chi connectivity index (χ0) is 11.8. The highest BCUT2D eigenvalue weighted by Crippen LogP contribution is 2.48. The van der Waals surface area contributed by atoms with Gasteiger partial charge in [0.15, 0.2) is 0 Å². The highest BCUT2D eigenvalue weighted by Gasteiger charge is 2.43. The van der Waals surface area contributed by atoms with Crippen molar-refractivity contribution in [2.45, 2.75) is 38.0 Å². The van der Waals surface area contributed by atoms with Crippen molar-refractivity contribution in [3.8, 4) is 5.75 Å². The van der Waals surface area contributed by atoms with Gasteiger partial charge in [-0.05, 0) is 42.0 Å². The van der Waals surface area contributed by atoms with Crippen LogP contribution in [0.1, 0.15) is 43.7 Å². The quantitative estimate of drug-likeness (QED) is 0.845. The monoisotopic (exact) mass is 219 g/mol. The van der Waals surface area contributed by atoms with Crippen molar-refractivity contribution in [1.82, 2.24) is 0 Å². The van der Waals surface area contributed by atoms with Crippen LogP contribution in [-0.2, 0) is 5.41 Å². The van der Waals surface area contributed by atoms with Crippen LogP contribution in [0.2, 0.25) is 0 Å². The van der Waals surface area contributed by atoms with Crippen LogP contribution in [0.3, 0.4) is 0 Å². The summed E-state index contributed by atoms with van der Waals surface area (Å²) in [6.45, 7) is 5.17. The van der Waals surface area contributed by atoms with Gasteiger partial charge >= 0.3 is 0 Å². The molecule has 0 spiro atoms. The second-order valence-electron chi connectivity index (χ2n) is 5.13. The minimum Gasteiger partial charge on any atom is -0.497 e. The number of benzene rings is 1. The van der Waals surface area contributed by atoms with Crippen molar-refractivity contribution >= 4 is 0 Å². The fourth-order valence-electron chi connectivity index (χ4n) is 2.14. The molecule has 1 saturated carbocycles. The molecule has 0 radical (unpaired) electrons. The maximum Gasteiger partial charge on any atom is 0.119 e. The average molecular weight is 219 g/mol. The van der Waals surface area contributed by atoms with Crippen LogP contribution in [0.5, 0.6) is 5.75 Å². The smallest absolute Gasteiger partial charge is 0.119 e. The van der Waals surface area contributed by atoms with E-state index in [1.807, 2.05) is 0 Å². The lowest BCUT2D eigenvalue weighted by Gasteiger charge is -2.17. The van der Waals surface area contributed by atoms with Crippen molar-refractivity contribution in [1.29, 1.82) is 0 Å². The van der Waals surface area contributed by atoms with Gasteiger partial charge in [-0.3, -0.25) is 0 Å². The second kappa shape index (κ2) is 4.10. The normalized spacial score (nSPS) is 17.6. The van der Waals surface area contributed by atoms with Gasteiger partial charge in [-0.2, -0.15) is 0 Å². The van der Waals surface area contributed by atoms with E-state index in [4.69, 9.17) is 10.5 Å². The Morgan fingerprint density at radius 1 is 1.31 bits per heavy atom. The van der Waals surface area contributed by atoms with Gasteiger partial charge in [0.25, 0.3) is 0 Å². The molecule has 0 saturated heterocycles. The first-order valence-corrected chi connectivity index (χ1v) is 6.01. The molecule has 0 bridgehead atoms. The van der Waals surface area contributed by atoms with Crippen LogP contribution in [-0.4, -0.2) is 13.7 Å². The molecule has 2 N–H and O–H groups in total. The van der Waals surface area contributed by atoms with Crippen LogP contribution in [0.15, 0.2) is 18.2 Å². The number of rotatable bonds is 4. The van der Waals surface area contributed by atoms with Crippen LogP contribution in [0.25, 0.3) is 0 Å². The summed E-state index contributed by atoms with van der Waals surface area (Å²) in [5, 5.41) is 0. The first-order chi connectivity index (χ1) is 7.61. The van der Waals surface area contributed by atoms with Gasteiger partial charge in [0, 0.05) is 12.0 Å². The first kappa shape index (κ1) is 11.5. The average Bonchev–Trinajstić information content (AvgIpc) is 3.09. The molecule has 0 heterocycles. The lowest BCUT2D eigenvalue weighted by molar-refractivity contribution is 0.412. The molecular formula is C14H21NO. The summed E-state index contributed by atoms with van der Waals surface area (Å²) in [5.74, 6) is 1.49. The standard InChI is InChI=1S/C14H21NO/c1-10(2)11-6-12(8-13(7-11)16-3)14(9-15)4-5-14/h6-8,10H,4-5,9,15H2,1-3H3. The lowest BCUT2D eigenvalue weighted by Crippen LogP contribution is -2.20. The van der Waals surface area contributed by atoms with E-state index < -0.39 is 0 Å². The maximum absolute atomic E-state index is 5.88. The molecule has 0 amide bonds. The first-order valence-electron chi connectivity index (χ1n) is 6.01. The molecule has 2 rings (SSSR count). The van der Waals surface area contributed by atoms with Gasteiger partial charge in [-0.25, -0.2) is 0 Å². The third-order valence-electron chi connectivity index (χ3n) is 3.69. The van der Waals surface area contributed by atoms with E-state index in [2.05, 4.69) is 32.0 Å². The Hall–Kier alpha value is -1.02. The summed E-state index contributed by atoms with van der Waals surface area (Å²) in [7, 11) is 1.73. The maximum atomic E-state index is 5.88. The van der Waals surface area contributed by atoms with Crippen LogP contribution in [0.4, 0.5) is 0 Å². The van der Waals surface area contributed by atoms with E-state index >= 15 is 0 Å². The molecule has 88 valence electrons. The Kier molecular flexibility index (Phi) is 2.94. The number of ether oxygens (including phenoxy) is 1. The lowest BCUT2D eigenvalue weighted by atomic mass is 9.91. The van der Waals surface area contributed by atoms with Gasteiger partial charge in [0.05, 0.1) is 7.11 Å². The zero-order valence-corrected chi connectivity index (χ0v) is 10.4. The topological polar surface area (TPSA) is 35.2 Å². The Morgan fingerprint density at radius 2 is 2.00 bits per heavy atom. The summed E-state index contributed by atoms with van der Waals surface area (Å²) < 4.78 is 5.37. The minimum absolute atomic E-state index is 0.248. The number of methoxy groups -OCH3 is 1. The predicted molar refractivity (Wildman–Crippen MR) is 67.0 cm³/mol. The fraction of sp³-hybridized carbons (Fsp3) is 0.571. The van der Waals surface area contributed by atoms with E-state index in [1.54, 1.807) is 7.11 Å². The predicted octanol–water partition coefficient (Wildman–Crippen LogP) is 2.81. The Labute approximate surface area is 97.8 Å². The summed E-state index contributed by atoms with van der Waals surface area (Å²) >= 11 is 0. The van der Waals surface area contributed by atoms with E-state index in [0.717, 1.165) is 12.3 Å². The van der Waals surface area contributed by atoms with Crippen LogP contribution < -0.4 is 10.5 Å². The van der Waals surface area contributed by atoms with E-state index in [1.165, 1.54) is 24.0 Å². The highest BCUT2D eigenvalue weighted by atomic mass is 16.5. The molecular weight excluding hydrogens is 198 g/mol. The molecule has 1 aliphatic rings. The van der Waals surface area contributed by atoms with Gasteiger partial charge in [-0.15, -0.1) is 0 Å². The third-order valence-corrected chi connectivity index (χ3v) is 3.69. The van der Waals surface area contributed by atoms with Gasteiger partial charge in [-0.1, -0.05) is 19.9 Å². The molecule has 2 nitrogen and oxygen atoms in total. The molecule has 1 aliphatic carbocycles. The zero-order valence-electron chi connectivity index (χ0n) is 10.4. The Bertz CT molecular complexity index is 380. The highest BCUT2D eigenvalue weighted by molar-refractivity contribution is 5.42. The molecule has 1 fully saturated rings. The minimum atomic E-state index is 0.248. The largest absolute Gasteiger partial charge is 0.497 e. The summed E-state index contributed by atoms with van der Waals surface area (Å²) in [6, 6.07) is 6.57. The molecule has 0 aliphatic heterocycles. The van der Waals surface area contributed by atoms with Gasteiger partial charge in [0.1, 0.15) is 5.75 Å². The van der Waals surface area contributed by atoms with Crippen LogP contribution >= 0.6 is 0 Å². The molecule has 0 unspecified atom stereocenters. The second-order valence-corrected chi connectivity index (χ2v) is 5.13. The molecule has 1 aromatic carbocycles. The molecule has 16 heavy (non-hydrogen) atoms. The van der Waals surface area contributed by atoms with E-state index in [0.29, 0.717) is 5.92 Å². The van der Waals surface area contributed by atoms with Crippen molar-refractivity contribution in [3.63, 3.8) is 0 Å². The van der Waals surface area contributed by atoms with Crippen molar-refractivity contribution in [2.75, 3.05) is 13.7 Å². The molecule has 0 aromatic heterocycles. The Morgan fingerprint density at radius 3 is 2.44 bits per heavy atom. The molecule has 1 aromatic rings.